The van der Waals surface area contributed by atoms with Crippen molar-refractivity contribution in [1.29, 1.82) is 0 Å². The van der Waals surface area contributed by atoms with Crippen LogP contribution in [0.2, 0.25) is 0 Å². The van der Waals surface area contributed by atoms with Crippen LogP contribution in [0.15, 0.2) is 4.47 Å². The predicted octanol–water partition coefficient (Wildman–Crippen LogP) is 3.36. The molecule has 2 nitrogen and oxygen atoms in total. The zero-order chi connectivity index (χ0) is 12.3. The van der Waals surface area contributed by atoms with E-state index in [2.05, 4.69) is 22.9 Å². The van der Waals surface area contributed by atoms with E-state index in [1.54, 1.807) is 0 Å². The first-order valence-electron chi connectivity index (χ1n) is 5.67. The van der Waals surface area contributed by atoms with Gasteiger partial charge in [-0.1, -0.05) is 0 Å². The van der Waals surface area contributed by atoms with E-state index in [-0.39, 0.29) is 0 Å². The van der Waals surface area contributed by atoms with Gasteiger partial charge in [-0.25, -0.2) is 0 Å². The molecule has 16 heavy (non-hydrogen) atoms. The van der Waals surface area contributed by atoms with Gasteiger partial charge in [-0.05, 0) is 84.8 Å². The third-order valence-electron chi connectivity index (χ3n) is 3.24. The summed E-state index contributed by atoms with van der Waals surface area (Å²) in [6, 6.07) is 0. The summed E-state index contributed by atoms with van der Waals surface area (Å²) in [5.74, 6) is 0.373. The molecule has 0 radical (unpaired) electrons. The van der Waals surface area contributed by atoms with Gasteiger partial charge in [-0.15, -0.1) is 0 Å². The first-order valence-corrected chi connectivity index (χ1v) is 6.47. The Morgan fingerprint density at radius 3 is 2.25 bits per heavy atom. The quantitative estimate of drug-likeness (QED) is 0.834. The average Bonchev–Trinajstić information content (AvgIpc) is 2.28. The van der Waals surface area contributed by atoms with E-state index in [0.29, 0.717) is 5.75 Å². The molecule has 0 bridgehead atoms. The molecule has 0 aromatic heterocycles. The molecule has 0 aliphatic carbocycles. The van der Waals surface area contributed by atoms with Crippen LogP contribution in [-0.2, 0) is 6.42 Å². The van der Waals surface area contributed by atoms with Crippen LogP contribution in [0.25, 0.3) is 0 Å². The summed E-state index contributed by atoms with van der Waals surface area (Å²) in [6.07, 6.45) is 3.19. The Morgan fingerprint density at radius 1 is 1.06 bits per heavy atom. The molecule has 0 heterocycles. The summed E-state index contributed by atoms with van der Waals surface area (Å²) in [5, 5.41) is 9.90. The van der Waals surface area contributed by atoms with Gasteiger partial charge in [0.2, 0.25) is 0 Å². The summed E-state index contributed by atoms with van der Waals surface area (Å²) < 4.78 is 0.832. The second kappa shape index (κ2) is 5.69. The highest BCUT2D eigenvalue weighted by atomic mass is 79.9. The van der Waals surface area contributed by atoms with Gasteiger partial charge in [0.05, 0.1) is 4.47 Å². The monoisotopic (exact) mass is 285 g/mol. The Balaban J connectivity index is 3.08. The Bertz CT molecular complexity index is 359. The maximum absolute atomic E-state index is 9.90. The molecule has 0 aliphatic rings. The maximum Gasteiger partial charge on any atom is 0.133 e. The first-order chi connectivity index (χ1) is 7.50. The highest BCUT2D eigenvalue weighted by Gasteiger charge is 2.14. The first kappa shape index (κ1) is 13.5. The van der Waals surface area contributed by atoms with Gasteiger partial charge in [0.25, 0.3) is 0 Å². The molecule has 0 spiro atoms. The van der Waals surface area contributed by atoms with Crippen LogP contribution >= 0.6 is 15.9 Å². The minimum Gasteiger partial charge on any atom is -0.506 e. The van der Waals surface area contributed by atoms with Crippen molar-refractivity contribution >= 4 is 15.9 Å². The van der Waals surface area contributed by atoms with Crippen molar-refractivity contribution in [2.75, 3.05) is 6.54 Å². The van der Waals surface area contributed by atoms with Crippen molar-refractivity contribution in [2.45, 2.75) is 40.0 Å². The Labute approximate surface area is 106 Å². The van der Waals surface area contributed by atoms with Crippen molar-refractivity contribution in [1.82, 2.24) is 0 Å². The fourth-order valence-corrected chi connectivity index (χ4v) is 2.52. The van der Waals surface area contributed by atoms with Gasteiger partial charge < -0.3 is 10.8 Å². The fourth-order valence-electron chi connectivity index (χ4n) is 1.98. The van der Waals surface area contributed by atoms with Gasteiger partial charge in [0.1, 0.15) is 5.75 Å². The predicted molar refractivity (Wildman–Crippen MR) is 72.0 cm³/mol. The molecule has 0 saturated carbocycles. The maximum atomic E-state index is 9.90. The van der Waals surface area contributed by atoms with E-state index in [4.69, 9.17) is 5.73 Å². The fraction of sp³-hybridized carbons (Fsp3) is 0.538. The highest BCUT2D eigenvalue weighted by molar-refractivity contribution is 9.10. The average molecular weight is 286 g/mol. The SMILES string of the molecule is Cc1c(C)c(CCCCN)c(C)c(Br)c1O. The number of benzene rings is 1. The molecule has 1 aromatic carbocycles. The minimum absolute atomic E-state index is 0.373. The van der Waals surface area contributed by atoms with Crippen LogP contribution in [0.3, 0.4) is 0 Å². The summed E-state index contributed by atoms with van der Waals surface area (Å²) in [5.41, 5.74) is 10.2. The third-order valence-corrected chi connectivity index (χ3v) is 4.21. The summed E-state index contributed by atoms with van der Waals surface area (Å²) >= 11 is 3.45. The lowest BCUT2D eigenvalue weighted by Gasteiger charge is -2.16. The van der Waals surface area contributed by atoms with Gasteiger partial charge in [0.15, 0.2) is 0 Å². The number of phenols is 1. The number of rotatable bonds is 4. The second-order valence-electron chi connectivity index (χ2n) is 4.26. The standard InChI is InChI=1S/C13H20BrNO/c1-8-9(2)13(16)12(14)10(3)11(8)6-4-5-7-15/h16H,4-7,15H2,1-3H3. The number of aromatic hydroxyl groups is 1. The smallest absolute Gasteiger partial charge is 0.133 e. The van der Waals surface area contributed by atoms with Crippen molar-refractivity contribution in [3.8, 4) is 5.75 Å². The summed E-state index contributed by atoms with van der Waals surface area (Å²) in [4.78, 5) is 0. The molecule has 0 atom stereocenters. The van der Waals surface area contributed by atoms with E-state index < -0.39 is 0 Å². The molecule has 1 rings (SSSR count). The molecular formula is C13H20BrNO. The number of hydrogen-bond donors (Lipinski definition) is 2. The van der Waals surface area contributed by atoms with Crippen LogP contribution in [-0.4, -0.2) is 11.7 Å². The lowest BCUT2D eigenvalue weighted by atomic mass is 9.93. The number of halogens is 1. The highest BCUT2D eigenvalue weighted by Crippen LogP contribution is 2.36. The summed E-state index contributed by atoms with van der Waals surface area (Å²) in [6.45, 7) is 6.83. The molecule has 0 amide bonds. The van der Waals surface area contributed by atoms with Crippen LogP contribution in [0.5, 0.6) is 5.75 Å². The largest absolute Gasteiger partial charge is 0.506 e. The Kier molecular flexibility index (Phi) is 4.81. The van der Waals surface area contributed by atoms with Crippen molar-refractivity contribution in [3.05, 3.63) is 26.7 Å². The lowest BCUT2D eigenvalue weighted by molar-refractivity contribution is 0.466. The molecule has 0 unspecified atom stereocenters. The van der Waals surface area contributed by atoms with E-state index in [0.717, 1.165) is 41.4 Å². The Morgan fingerprint density at radius 2 is 1.69 bits per heavy atom. The molecule has 3 heteroatoms. The number of hydrogen-bond acceptors (Lipinski definition) is 2. The van der Waals surface area contributed by atoms with Gasteiger partial charge >= 0.3 is 0 Å². The molecule has 1 aromatic rings. The molecule has 3 N–H and O–H groups in total. The Hall–Kier alpha value is -0.540. The van der Waals surface area contributed by atoms with Crippen LogP contribution < -0.4 is 5.73 Å². The van der Waals surface area contributed by atoms with E-state index in [1.807, 2.05) is 13.8 Å². The number of phenolic OH excluding ortho intramolecular Hbond substituents is 1. The molecule has 0 fully saturated rings. The zero-order valence-corrected chi connectivity index (χ0v) is 11.8. The van der Waals surface area contributed by atoms with E-state index in [9.17, 15) is 5.11 Å². The zero-order valence-electron chi connectivity index (χ0n) is 10.2. The molecule has 0 saturated heterocycles. The number of unbranched alkanes of at least 4 members (excludes halogenated alkanes) is 1. The van der Waals surface area contributed by atoms with Gasteiger partial charge in [-0.2, -0.15) is 0 Å². The summed E-state index contributed by atoms with van der Waals surface area (Å²) in [7, 11) is 0. The minimum atomic E-state index is 0.373. The van der Waals surface area contributed by atoms with Crippen LogP contribution in [0.1, 0.15) is 35.1 Å². The van der Waals surface area contributed by atoms with Crippen molar-refractivity contribution < 1.29 is 5.11 Å². The molecule has 0 aliphatic heterocycles. The molecular weight excluding hydrogens is 266 g/mol. The number of nitrogens with two attached hydrogens (primary N) is 1. The van der Waals surface area contributed by atoms with Crippen molar-refractivity contribution in [2.24, 2.45) is 5.73 Å². The third kappa shape index (κ3) is 2.58. The normalized spacial score (nSPS) is 10.8. The van der Waals surface area contributed by atoms with Gasteiger partial charge in [-0.3, -0.25) is 0 Å². The van der Waals surface area contributed by atoms with Gasteiger partial charge in [0, 0.05) is 0 Å². The van der Waals surface area contributed by atoms with Crippen LogP contribution in [0, 0.1) is 20.8 Å². The van der Waals surface area contributed by atoms with E-state index >= 15 is 0 Å². The van der Waals surface area contributed by atoms with Crippen LogP contribution in [0.4, 0.5) is 0 Å². The van der Waals surface area contributed by atoms with Crippen molar-refractivity contribution in [3.63, 3.8) is 0 Å². The topological polar surface area (TPSA) is 46.2 Å². The second-order valence-corrected chi connectivity index (χ2v) is 5.05. The van der Waals surface area contributed by atoms with E-state index in [1.165, 1.54) is 11.1 Å². The lowest BCUT2D eigenvalue weighted by Crippen LogP contribution is -2.02. The molecule has 90 valence electrons.